The Labute approximate surface area is 219 Å². The van der Waals surface area contributed by atoms with E-state index < -0.39 is 0 Å². The number of hydrogen-bond donors (Lipinski definition) is 0. The Balaban J connectivity index is 1.66. The molecule has 5 rings (SSSR count). The number of hydrogen-bond acceptors (Lipinski definition) is 3. The number of carbonyl (C=O) groups is 1. The zero-order chi connectivity index (χ0) is 24.7. The highest BCUT2D eigenvalue weighted by Gasteiger charge is 2.34. The van der Waals surface area contributed by atoms with Gasteiger partial charge in [0.2, 0.25) is 0 Å². The van der Waals surface area contributed by atoms with Gasteiger partial charge in [-0.1, -0.05) is 40.9 Å². The maximum Gasteiger partial charge on any atom is 0.257 e. The van der Waals surface area contributed by atoms with E-state index in [1.54, 1.807) is 19.2 Å². The summed E-state index contributed by atoms with van der Waals surface area (Å²) in [7, 11) is 1.65. The average Bonchev–Trinajstić information content (AvgIpc) is 3.21. The molecule has 5 nitrogen and oxygen atoms in total. The Bertz CT molecular complexity index is 1390. The lowest BCUT2D eigenvalue weighted by Gasteiger charge is -2.36. The molecule has 180 valence electrons. The number of likely N-dealkylation sites (tertiary alicyclic amines) is 1. The molecule has 8 heteroatoms. The predicted molar refractivity (Wildman–Crippen MR) is 141 cm³/mol. The van der Waals surface area contributed by atoms with Crippen molar-refractivity contribution >= 4 is 51.7 Å². The van der Waals surface area contributed by atoms with Gasteiger partial charge in [-0.25, -0.2) is 4.98 Å². The lowest BCUT2D eigenvalue weighted by molar-refractivity contribution is 0.0599. The second-order valence-electron chi connectivity index (χ2n) is 8.75. The largest absolute Gasteiger partial charge is 0.497 e. The van der Waals surface area contributed by atoms with Crippen LogP contribution in [-0.2, 0) is 0 Å². The molecule has 1 amide bonds. The van der Waals surface area contributed by atoms with Crippen LogP contribution in [0.15, 0.2) is 54.6 Å². The van der Waals surface area contributed by atoms with Gasteiger partial charge in [0, 0.05) is 17.3 Å². The van der Waals surface area contributed by atoms with Crippen molar-refractivity contribution in [3.8, 4) is 11.4 Å². The SMILES string of the molecule is COc1ccc(-n2c(C3CCCCN3C(=O)c3c(Cl)cc(Cl)cc3Cl)nc3cc(C)ccc32)cc1. The molecule has 1 fully saturated rings. The second-order valence-corrected chi connectivity index (χ2v) is 10.0. The van der Waals surface area contributed by atoms with Crippen LogP contribution in [0.5, 0.6) is 5.75 Å². The molecule has 0 N–H and O–H groups in total. The van der Waals surface area contributed by atoms with Crippen molar-refractivity contribution in [1.29, 1.82) is 0 Å². The van der Waals surface area contributed by atoms with Crippen molar-refractivity contribution < 1.29 is 9.53 Å². The zero-order valence-corrected chi connectivity index (χ0v) is 21.7. The van der Waals surface area contributed by atoms with Crippen LogP contribution in [0.1, 0.15) is 47.1 Å². The number of rotatable bonds is 4. The molecule has 0 spiro atoms. The van der Waals surface area contributed by atoms with Crippen LogP contribution in [0.2, 0.25) is 15.1 Å². The molecular weight excluding hydrogens is 505 g/mol. The molecule has 1 unspecified atom stereocenters. The first-order valence-electron chi connectivity index (χ1n) is 11.5. The van der Waals surface area contributed by atoms with E-state index in [9.17, 15) is 4.79 Å². The molecule has 1 aliphatic heterocycles. The number of carbonyl (C=O) groups excluding carboxylic acids is 1. The Morgan fingerprint density at radius 3 is 2.40 bits per heavy atom. The quantitative estimate of drug-likeness (QED) is 0.273. The molecule has 35 heavy (non-hydrogen) atoms. The third-order valence-electron chi connectivity index (χ3n) is 6.45. The lowest BCUT2D eigenvalue weighted by Crippen LogP contribution is -2.40. The Hall–Kier alpha value is -2.73. The number of nitrogens with zero attached hydrogens (tertiary/aromatic N) is 3. The number of fused-ring (bicyclic) bond motifs is 1. The number of aromatic nitrogens is 2. The fourth-order valence-corrected chi connectivity index (χ4v) is 5.75. The summed E-state index contributed by atoms with van der Waals surface area (Å²) in [5, 5.41) is 0.885. The van der Waals surface area contributed by atoms with Crippen molar-refractivity contribution in [3.63, 3.8) is 0 Å². The third-order valence-corrected chi connectivity index (χ3v) is 7.26. The number of halogens is 3. The third kappa shape index (κ3) is 4.49. The Kier molecular flexibility index (Phi) is 6.67. The summed E-state index contributed by atoms with van der Waals surface area (Å²) in [5.74, 6) is 1.37. The van der Waals surface area contributed by atoms with Crippen LogP contribution in [0, 0.1) is 6.92 Å². The molecule has 3 aromatic carbocycles. The molecule has 0 aliphatic carbocycles. The molecule has 4 aromatic rings. The highest BCUT2D eigenvalue weighted by atomic mass is 35.5. The normalized spacial score (nSPS) is 16.0. The monoisotopic (exact) mass is 527 g/mol. The lowest BCUT2D eigenvalue weighted by atomic mass is 9.99. The molecule has 1 saturated heterocycles. The highest BCUT2D eigenvalue weighted by molar-refractivity contribution is 6.42. The molecular formula is C27H24Cl3N3O2. The van der Waals surface area contributed by atoms with Crippen molar-refractivity contribution in [1.82, 2.24) is 14.5 Å². The van der Waals surface area contributed by atoms with Gasteiger partial charge in [-0.2, -0.15) is 0 Å². The highest BCUT2D eigenvalue weighted by Crippen LogP contribution is 2.38. The van der Waals surface area contributed by atoms with Crippen molar-refractivity contribution in [3.05, 3.63) is 86.6 Å². The fourth-order valence-electron chi connectivity index (χ4n) is 4.77. The van der Waals surface area contributed by atoms with E-state index in [-0.39, 0.29) is 27.6 Å². The number of amides is 1. The maximum atomic E-state index is 13.8. The van der Waals surface area contributed by atoms with E-state index in [4.69, 9.17) is 44.5 Å². The minimum Gasteiger partial charge on any atom is -0.497 e. The number of methoxy groups -OCH3 is 1. The Morgan fingerprint density at radius 1 is 1.00 bits per heavy atom. The summed E-state index contributed by atoms with van der Waals surface area (Å²) < 4.78 is 7.49. The topological polar surface area (TPSA) is 47.4 Å². The zero-order valence-electron chi connectivity index (χ0n) is 19.4. The first-order valence-corrected chi connectivity index (χ1v) is 12.6. The summed E-state index contributed by atoms with van der Waals surface area (Å²) in [6, 6.07) is 16.9. The van der Waals surface area contributed by atoms with Gasteiger partial charge in [-0.3, -0.25) is 9.36 Å². The minimum absolute atomic E-state index is 0.217. The van der Waals surface area contributed by atoms with Gasteiger partial charge < -0.3 is 9.64 Å². The van der Waals surface area contributed by atoms with E-state index in [2.05, 4.69) is 22.8 Å². The minimum atomic E-state index is -0.242. The van der Waals surface area contributed by atoms with Gasteiger partial charge in [-0.05, 0) is 80.3 Å². The summed E-state index contributed by atoms with van der Waals surface area (Å²) in [6.45, 7) is 2.64. The number of benzene rings is 3. The molecule has 1 atom stereocenters. The summed E-state index contributed by atoms with van der Waals surface area (Å²) >= 11 is 19.0. The first kappa shape index (κ1) is 24.0. The van der Waals surface area contributed by atoms with Crippen LogP contribution in [0.4, 0.5) is 0 Å². The molecule has 1 aliphatic rings. The summed E-state index contributed by atoms with van der Waals surface area (Å²) in [6.07, 6.45) is 2.67. The Morgan fingerprint density at radius 2 is 1.71 bits per heavy atom. The van der Waals surface area contributed by atoms with Gasteiger partial charge in [0.1, 0.15) is 11.6 Å². The van der Waals surface area contributed by atoms with Crippen LogP contribution < -0.4 is 4.74 Å². The molecule has 2 heterocycles. The van der Waals surface area contributed by atoms with Gasteiger partial charge in [0.25, 0.3) is 5.91 Å². The van der Waals surface area contributed by atoms with Gasteiger partial charge >= 0.3 is 0 Å². The van der Waals surface area contributed by atoms with Gasteiger partial charge in [0.15, 0.2) is 0 Å². The number of aryl methyl sites for hydroxylation is 1. The van der Waals surface area contributed by atoms with Crippen LogP contribution in [0.25, 0.3) is 16.7 Å². The van der Waals surface area contributed by atoms with Crippen LogP contribution in [-0.4, -0.2) is 34.0 Å². The smallest absolute Gasteiger partial charge is 0.257 e. The van der Waals surface area contributed by atoms with Crippen LogP contribution in [0.3, 0.4) is 0 Å². The molecule has 0 saturated carbocycles. The average molecular weight is 529 g/mol. The first-order chi connectivity index (χ1) is 16.9. The second kappa shape index (κ2) is 9.73. The molecule has 0 radical (unpaired) electrons. The van der Waals surface area contributed by atoms with E-state index in [0.717, 1.165) is 53.1 Å². The van der Waals surface area contributed by atoms with Gasteiger partial charge in [0.05, 0.1) is 39.8 Å². The predicted octanol–water partition coefficient (Wildman–Crippen LogP) is 7.67. The van der Waals surface area contributed by atoms with E-state index in [1.165, 1.54) is 0 Å². The number of ether oxygens (including phenoxy) is 1. The van der Waals surface area contributed by atoms with Gasteiger partial charge in [-0.15, -0.1) is 0 Å². The van der Waals surface area contributed by atoms with E-state index in [0.29, 0.717) is 11.6 Å². The molecule has 1 aromatic heterocycles. The van der Waals surface area contributed by atoms with Crippen molar-refractivity contribution in [2.75, 3.05) is 13.7 Å². The van der Waals surface area contributed by atoms with Crippen molar-refractivity contribution in [2.24, 2.45) is 0 Å². The number of imidazole rings is 1. The maximum absolute atomic E-state index is 13.8. The summed E-state index contributed by atoms with van der Waals surface area (Å²) in [4.78, 5) is 20.7. The standard InChI is InChI=1S/C27H24Cl3N3O2/c1-16-6-11-23-22(13-16)31-26(33(23)18-7-9-19(35-2)10-8-18)24-5-3-4-12-32(24)27(34)25-20(29)14-17(28)15-21(25)30/h6-11,13-15,24H,3-5,12H2,1-2H3. The molecule has 0 bridgehead atoms. The van der Waals surface area contributed by atoms with E-state index >= 15 is 0 Å². The van der Waals surface area contributed by atoms with E-state index in [1.807, 2.05) is 36.1 Å². The summed E-state index contributed by atoms with van der Waals surface area (Å²) in [5.41, 5.74) is 4.22. The van der Waals surface area contributed by atoms with Crippen molar-refractivity contribution in [2.45, 2.75) is 32.2 Å². The van der Waals surface area contributed by atoms with Crippen LogP contribution >= 0.6 is 34.8 Å². The number of piperidine rings is 1. The fraction of sp³-hybridized carbons (Fsp3) is 0.259.